The molecule has 0 bridgehead atoms. The van der Waals surface area contributed by atoms with Crippen LogP contribution in [0, 0.1) is 5.92 Å². The fraction of sp³-hybridized carbons (Fsp3) is 0.714. The minimum Gasteiger partial charge on any atom is -0.380 e. The molecule has 0 unspecified atom stereocenters. The van der Waals surface area contributed by atoms with Gasteiger partial charge in [0.1, 0.15) is 0 Å². The average Bonchev–Trinajstić information content (AvgIpc) is 2.73. The van der Waals surface area contributed by atoms with E-state index in [1.54, 1.807) is 6.20 Å². The molecule has 0 saturated carbocycles. The van der Waals surface area contributed by atoms with Crippen molar-refractivity contribution < 1.29 is 9.53 Å². The van der Waals surface area contributed by atoms with Crippen LogP contribution in [0.2, 0.25) is 0 Å². The number of ether oxygens (including phenoxy) is 1. The first-order valence-corrected chi connectivity index (χ1v) is 10.5. The number of carbonyl (C=O) groups is 1. The highest BCUT2D eigenvalue weighted by atomic mass is 16.5. The normalized spacial score (nSPS) is 22.6. The zero-order valence-corrected chi connectivity index (χ0v) is 16.6. The molecule has 0 radical (unpaired) electrons. The van der Waals surface area contributed by atoms with E-state index in [-0.39, 0.29) is 11.8 Å². The minimum absolute atomic E-state index is 0.117. The molecule has 2 fully saturated rings. The predicted octanol–water partition coefficient (Wildman–Crippen LogP) is 1.91. The monoisotopic (exact) mass is 374 g/mol. The molecule has 0 aliphatic carbocycles. The third-order valence-corrected chi connectivity index (χ3v) is 5.84. The number of carbonyl (C=O) groups excluding carboxylic acids is 1. The van der Waals surface area contributed by atoms with Crippen LogP contribution < -0.4 is 5.32 Å². The Balaban J connectivity index is 1.40. The summed E-state index contributed by atoms with van der Waals surface area (Å²) in [5, 5.41) is 3.10. The summed E-state index contributed by atoms with van der Waals surface area (Å²) in [6, 6.07) is 4.53. The number of nitrogens with one attached hydrogen (secondary N) is 1. The lowest BCUT2D eigenvalue weighted by atomic mass is 9.93. The highest BCUT2D eigenvalue weighted by Gasteiger charge is 2.31. The van der Waals surface area contributed by atoms with Gasteiger partial charge in [-0.3, -0.25) is 14.7 Å². The van der Waals surface area contributed by atoms with Gasteiger partial charge in [-0.25, -0.2) is 0 Å². The SMILES string of the molecule is CCOCCN1CCC(N2CCC[C@@H](C(=O)NCc3cccnc3)C2)CC1. The number of amides is 1. The van der Waals surface area contributed by atoms with Crippen LogP contribution in [-0.4, -0.2) is 72.7 Å². The Morgan fingerprint density at radius 2 is 2.15 bits per heavy atom. The quantitative estimate of drug-likeness (QED) is 0.705. The molecule has 2 saturated heterocycles. The molecular weight excluding hydrogens is 340 g/mol. The molecule has 2 aliphatic rings. The molecular formula is C21H34N4O2. The maximum absolute atomic E-state index is 12.6. The van der Waals surface area contributed by atoms with Gasteiger partial charge in [0.25, 0.3) is 0 Å². The van der Waals surface area contributed by atoms with E-state index in [2.05, 4.69) is 20.1 Å². The highest BCUT2D eigenvalue weighted by molar-refractivity contribution is 5.78. The van der Waals surface area contributed by atoms with Crippen molar-refractivity contribution >= 4 is 5.91 Å². The van der Waals surface area contributed by atoms with Gasteiger partial charge >= 0.3 is 0 Å². The molecule has 0 aromatic carbocycles. The van der Waals surface area contributed by atoms with Gasteiger partial charge in [0.2, 0.25) is 5.91 Å². The highest BCUT2D eigenvalue weighted by Crippen LogP contribution is 2.24. The van der Waals surface area contributed by atoms with Gasteiger partial charge < -0.3 is 15.0 Å². The van der Waals surface area contributed by atoms with E-state index >= 15 is 0 Å². The molecule has 1 aromatic heterocycles. The molecule has 6 nitrogen and oxygen atoms in total. The summed E-state index contributed by atoms with van der Waals surface area (Å²) in [5.74, 6) is 0.309. The number of hydrogen-bond acceptors (Lipinski definition) is 5. The van der Waals surface area contributed by atoms with Crippen molar-refractivity contribution in [2.75, 3.05) is 45.9 Å². The molecule has 0 spiro atoms. The van der Waals surface area contributed by atoms with Gasteiger partial charge in [-0.1, -0.05) is 6.07 Å². The van der Waals surface area contributed by atoms with E-state index in [1.807, 2.05) is 25.3 Å². The number of pyridine rings is 1. The fourth-order valence-corrected chi connectivity index (χ4v) is 4.23. The zero-order chi connectivity index (χ0) is 18.9. The summed E-state index contributed by atoms with van der Waals surface area (Å²) in [4.78, 5) is 21.8. The van der Waals surface area contributed by atoms with Crippen LogP contribution in [-0.2, 0) is 16.1 Å². The van der Waals surface area contributed by atoms with Gasteiger partial charge in [-0.05, 0) is 63.9 Å². The molecule has 150 valence electrons. The van der Waals surface area contributed by atoms with Crippen LogP contribution in [0.1, 0.15) is 38.2 Å². The first-order valence-electron chi connectivity index (χ1n) is 10.5. The molecule has 3 heterocycles. The van der Waals surface area contributed by atoms with Crippen molar-refractivity contribution in [2.24, 2.45) is 5.92 Å². The topological polar surface area (TPSA) is 57.7 Å². The largest absolute Gasteiger partial charge is 0.380 e. The Labute approximate surface area is 163 Å². The van der Waals surface area contributed by atoms with Crippen LogP contribution in [0.25, 0.3) is 0 Å². The number of hydrogen-bond donors (Lipinski definition) is 1. The summed E-state index contributed by atoms with van der Waals surface area (Å²) in [5.41, 5.74) is 1.05. The van der Waals surface area contributed by atoms with Gasteiger partial charge in [-0.2, -0.15) is 0 Å². The second kappa shape index (κ2) is 10.7. The molecule has 2 aliphatic heterocycles. The van der Waals surface area contributed by atoms with E-state index in [1.165, 1.54) is 12.8 Å². The second-order valence-corrected chi connectivity index (χ2v) is 7.68. The summed E-state index contributed by atoms with van der Waals surface area (Å²) in [7, 11) is 0. The maximum atomic E-state index is 12.6. The van der Waals surface area contributed by atoms with Crippen molar-refractivity contribution in [3.8, 4) is 0 Å². The third kappa shape index (κ3) is 6.26. The van der Waals surface area contributed by atoms with Crippen molar-refractivity contribution in [1.29, 1.82) is 0 Å². The Hall–Kier alpha value is -1.50. The van der Waals surface area contributed by atoms with Crippen LogP contribution in [0.3, 0.4) is 0 Å². The lowest BCUT2D eigenvalue weighted by molar-refractivity contribution is -0.127. The van der Waals surface area contributed by atoms with E-state index < -0.39 is 0 Å². The van der Waals surface area contributed by atoms with Gasteiger partial charge in [0.05, 0.1) is 12.5 Å². The Morgan fingerprint density at radius 1 is 1.30 bits per heavy atom. The minimum atomic E-state index is 0.117. The molecule has 1 atom stereocenters. The Kier molecular flexibility index (Phi) is 8.05. The third-order valence-electron chi connectivity index (χ3n) is 5.84. The van der Waals surface area contributed by atoms with Crippen molar-refractivity contribution in [2.45, 2.75) is 45.2 Å². The van der Waals surface area contributed by atoms with E-state index in [9.17, 15) is 4.79 Å². The number of rotatable bonds is 8. The smallest absolute Gasteiger partial charge is 0.224 e. The molecule has 6 heteroatoms. The molecule has 27 heavy (non-hydrogen) atoms. The van der Waals surface area contributed by atoms with E-state index in [0.717, 1.165) is 64.3 Å². The van der Waals surface area contributed by atoms with Gasteiger partial charge in [-0.15, -0.1) is 0 Å². The van der Waals surface area contributed by atoms with Crippen LogP contribution in [0.5, 0.6) is 0 Å². The lowest BCUT2D eigenvalue weighted by Gasteiger charge is -2.42. The summed E-state index contributed by atoms with van der Waals surface area (Å²) in [6.45, 7) is 9.63. The van der Waals surface area contributed by atoms with Gasteiger partial charge in [0, 0.05) is 44.7 Å². The molecule has 1 aromatic rings. The van der Waals surface area contributed by atoms with E-state index in [4.69, 9.17) is 4.74 Å². The summed E-state index contributed by atoms with van der Waals surface area (Å²) < 4.78 is 5.47. The Bertz CT molecular complexity index is 561. The van der Waals surface area contributed by atoms with Crippen LogP contribution in [0.4, 0.5) is 0 Å². The maximum Gasteiger partial charge on any atom is 0.224 e. The van der Waals surface area contributed by atoms with Crippen molar-refractivity contribution in [3.05, 3.63) is 30.1 Å². The standard InChI is InChI=1S/C21H34N4O2/c1-2-27-14-13-24-11-7-20(8-12-24)25-10-4-6-19(17-25)21(26)23-16-18-5-3-9-22-15-18/h3,5,9,15,19-20H,2,4,6-8,10-14,16-17H2,1H3,(H,23,26)/t19-/m1/s1. The van der Waals surface area contributed by atoms with E-state index in [0.29, 0.717) is 12.6 Å². The van der Waals surface area contributed by atoms with Crippen LogP contribution >= 0.6 is 0 Å². The van der Waals surface area contributed by atoms with Crippen molar-refractivity contribution in [3.63, 3.8) is 0 Å². The predicted molar refractivity (Wildman–Crippen MR) is 106 cm³/mol. The van der Waals surface area contributed by atoms with Gasteiger partial charge in [0.15, 0.2) is 0 Å². The summed E-state index contributed by atoms with van der Waals surface area (Å²) >= 11 is 0. The second-order valence-electron chi connectivity index (χ2n) is 7.68. The Morgan fingerprint density at radius 3 is 2.89 bits per heavy atom. The molecule has 3 rings (SSSR count). The molecule has 1 N–H and O–H groups in total. The number of nitrogens with zero attached hydrogens (tertiary/aromatic N) is 3. The summed E-state index contributed by atoms with van der Waals surface area (Å²) in [6.07, 6.45) is 8.10. The fourth-order valence-electron chi connectivity index (χ4n) is 4.23. The average molecular weight is 375 g/mol. The first kappa shape index (κ1) is 20.2. The number of aromatic nitrogens is 1. The molecule has 1 amide bonds. The lowest BCUT2D eigenvalue weighted by Crippen LogP contribution is -2.51. The number of piperidine rings is 2. The van der Waals surface area contributed by atoms with Crippen molar-refractivity contribution in [1.82, 2.24) is 20.1 Å². The zero-order valence-electron chi connectivity index (χ0n) is 16.6. The number of likely N-dealkylation sites (tertiary alicyclic amines) is 2. The first-order chi connectivity index (χ1) is 13.3. The van der Waals surface area contributed by atoms with Crippen LogP contribution in [0.15, 0.2) is 24.5 Å².